The van der Waals surface area contributed by atoms with Crippen LogP contribution in [-0.4, -0.2) is 50.2 Å². The lowest BCUT2D eigenvalue weighted by molar-refractivity contribution is -0.134. The molecule has 1 heterocycles. The van der Waals surface area contributed by atoms with E-state index in [0.29, 0.717) is 25.0 Å². The van der Waals surface area contributed by atoms with Gasteiger partial charge in [0.15, 0.2) is 0 Å². The van der Waals surface area contributed by atoms with Gasteiger partial charge >= 0.3 is 0 Å². The second-order valence-corrected chi connectivity index (χ2v) is 6.39. The highest BCUT2D eigenvalue weighted by atomic mass is 16.5. The molecule has 0 aromatic rings. The molecule has 1 saturated heterocycles. The normalized spacial score (nSPS) is 21.7. The average molecular weight is 282 g/mol. The Morgan fingerprint density at radius 2 is 2.00 bits per heavy atom. The lowest BCUT2D eigenvalue weighted by atomic mass is 9.93. The molecule has 1 atom stereocenters. The second-order valence-electron chi connectivity index (χ2n) is 6.39. The highest BCUT2D eigenvalue weighted by Crippen LogP contribution is 2.35. The average Bonchev–Trinajstić information content (AvgIpc) is 3.31. The first-order valence-corrected chi connectivity index (χ1v) is 8.21. The molecular formula is C16H30N2O2. The third-order valence-corrected chi connectivity index (χ3v) is 4.88. The number of carbonyl (C=O) groups excluding carboxylic acids is 1. The van der Waals surface area contributed by atoms with E-state index in [-0.39, 0.29) is 0 Å². The minimum Gasteiger partial charge on any atom is -0.383 e. The fourth-order valence-electron chi connectivity index (χ4n) is 3.22. The van der Waals surface area contributed by atoms with Gasteiger partial charge in [-0.05, 0) is 64.0 Å². The molecule has 0 aromatic heterocycles. The Labute approximate surface area is 123 Å². The minimum atomic E-state index is 0.333. The number of hydrogen-bond acceptors (Lipinski definition) is 3. The smallest absolute Gasteiger partial charge is 0.222 e. The molecule has 4 nitrogen and oxygen atoms in total. The van der Waals surface area contributed by atoms with Crippen LogP contribution in [0.3, 0.4) is 0 Å². The highest BCUT2D eigenvalue weighted by molar-refractivity contribution is 5.76. The van der Waals surface area contributed by atoms with Gasteiger partial charge < -0.3 is 15.0 Å². The summed E-state index contributed by atoms with van der Waals surface area (Å²) in [5, 5.41) is 3.38. The number of amides is 1. The molecule has 2 aliphatic rings. The van der Waals surface area contributed by atoms with Crippen molar-refractivity contribution >= 4 is 5.91 Å². The molecule has 0 radical (unpaired) electrons. The fraction of sp³-hybridized carbons (Fsp3) is 0.938. The summed E-state index contributed by atoms with van der Waals surface area (Å²) in [4.78, 5) is 14.6. The molecule has 116 valence electrons. The van der Waals surface area contributed by atoms with Crippen molar-refractivity contribution in [1.82, 2.24) is 10.2 Å². The summed E-state index contributed by atoms with van der Waals surface area (Å²) in [6, 6.07) is 0.394. The molecular weight excluding hydrogens is 252 g/mol. The lowest BCUT2D eigenvalue weighted by Gasteiger charge is -2.30. The Kier molecular flexibility index (Phi) is 6.30. The largest absolute Gasteiger partial charge is 0.383 e. The van der Waals surface area contributed by atoms with Crippen molar-refractivity contribution in [2.24, 2.45) is 11.8 Å². The van der Waals surface area contributed by atoms with E-state index >= 15 is 0 Å². The Balaban J connectivity index is 1.78. The van der Waals surface area contributed by atoms with Crippen LogP contribution in [-0.2, 0) is 9.53 Å². The van der Waals surface area contributed by atoms with Crippen LogP contribution in [0, 0.1) is 11.8 Å². The molecule has 1 N–H and O–H groups in total. The molecule has 1 unspecified atom stereocenters. The summed E-state index contributed by atoms with van der Waals surface area (Å²) in [6.45, 7) is 5.83. The van der Waals surface area contributed by atoms with E-state index in [4.69, 9.17) is 4.74 Å². The standard InChI is InChI=1S/C16H30N2O2/c1-13(15-4-5-15)18(11-12-20-2)16(19)6-3-14-7-9-17-10-8-14/h13-15,17H,3-12H2,1-2H3. The zero-order chi connectivity index (χ0) is 14.4. The first kappa shape index (κ1) is 15.8. The van der Waals surface area contributed by atoms with E-state index in [1.807, 2.05) is 0 Å². The summed E-state index contributed by atoms with van der Waals surface area (Å²) in [7, 11) is 1.71. The fourth-order valence-corrected chi connectivity index (χ4v) is 3.22. The summed E-state index contributed by atoms with van der Waals surface area (Å²) in [6.07, 6.45) is 6.79. The highest BCUT2D eigenvalue weighted by Gasteiger charge is 2.34. The number of methoxy groups -OCH3 is 1. The maximum atomic E-state index is 12.5. The maximum absolute atomic E-state index is 12.5. The number of carbonyl (C=O) groups is 1. The van der Waals surface area contributed by atoms with Crippen molar-refractivity contribution in [2.75, 3.05) is 33.4 Å². The molecule has 1 amide bonds. The molecule has 0 spiro atoms. The van der Waals surface area contributed by atoms with Crippen LogP contribution >= 0.6 is 0 Å². The minimum absolute atomic E-state index is 0.333. The van der Waals surface area contributed by atoms with E-state index in [0.717, 1.165) is 37.9 Å². The van der Waals surface area contributed by atoms with Gasteiger partial charge in [-0.2, -0.15) is 0 Å². The monoisotopic (exact) mass is 282 g/mol. The number of ether oxygens (including phenoxy) is 1. The van der Waals surface area contributed by atoms with Crippen LogP contribution in [0.4, 0.5) is 0 Å². The number of piperidine rings is 1. The number of hydrogen-bond donors (Lipinski definition) is 1. The number of rotatable bonds is 8. The quantitative estimate of drug-likeness (QED) is 0.741. The molecule has 1 aliphatic heterocycles. The molecule has 2 fully saturated rings. The van der Waals surface area contributed by atoms with Gasteiger partial charge in [-0.3, -0.25) is 4.79 Å². The van der Waals surface area contributed by atoms with Crippen LogP contribution < -0.4 is 5.32 Å². The molecule has 1 saturated carbocycles. The lowest BCUT2D eigenvalue weighted by Crippen LogP contribution is -2.42. The van der Waals surface area contributed by atoms with Crippen LogP contribution in [0.25, 0.3) is 0 Å². The van der Waals surface area contributed by atoms with Crippen molar-refractivity contribution in [3.63, 3.8) is 0 Å². The molecule has 1 aliphatic carbocycles. The molecule has 0 bridgehead atoms. The van der Waals surface area contributed by atoms with E-state index < -0.39 is 0 Å². The zero-order valence-electron chi connectivity index (χ0n) is 13.1. The topological polar surface area (TPSA) is 41.6 Å². The van der Waals surface area contributed by atoms with Gasteiger partial charge in [0, 0.05) is 26.1 Å². The number of nitrogens with zero attached hydrogens (tertiary/aromatic N) is 1. The molecule has 4 heteroatoms. The van der Waals surface area contributed by atoms with Gasteiger partial charge in [0.1, 0.15) is 0 Å². The van der Waals surface area contributed by atoms with Crippen molar-refractivity contribution in [2.45, 2.75) is 51.5 Å². The molecule has 2 rings (SSSR count). The Morgan fingerprint density at radius 3 is 2.60 bits per heavy atom. The number of nitrogens with one attached hydrogen (secondary N) is 1. The Bertz CT molecular complexity index is 299. The van der Waals surface area contributed by atoms with Crippen LogP contribution in [0.5, 0.6) is 0 Å². The van der Waals surface area contributed by atoms with Gasteiger partial charge in [-0.1, -0.05) is 0 Å². The van der Waals surface area contributed by atoms with Crippen LogP contribution in [0.15, 0.2) is 0 Å². The maximum Gasteiger partial charge on any atom is 0.222 e. The zero-order valence-corrected chi connectivity index (χ0v) is 13.1. The molecule has 0 aromatic carbocycles. The summed E-state index contributed by atoms with van der Waals surface area (Å²) in [5.41, 5.74) is 0. The van der Waals surface area contributed by atoms with Crippen LogP contribution in [0.1, 0.15) is 45.4 Å². The van der Waals surface area contributed by atoms with Gasteiger partial charge in [-0.25, -0.2) is 0 Å². The van der Waals surface area contributed by atoms with Gasteiger partial charge in [-0.15, -0.1) is 0 Å². The van der Waals surface area contributed by atoms with Gasteiger partial charge in [0.2, 0.25) is 5.91 Å². The second kappa shape index (κ2) is 7.99. The van der Waals surface area contributed by atoms with Crippen LogP contribution in [0.2, 0.25) is 0 Å². The first-order chi connectivity index (χ1) is 9.72. The first-order valence-electron chi connectivity index (χ1n) is 8.21. The van der Waals surface area contributed by atoms with E-state index in [1.54, 1.807) is 7.11 Å². The SMILES string of the molecule is COCCN(C(=O)CCC1CCNCC1)C(C)C1CC1. The van der Waals surface area contributed by atoms with Crippen molar-refractivity contribution in [3.05, 3.63) is 0 Å². The molecule has 20 heavy (non-hydrogen) atoms. The van der Waals surface area contributed by atoms with Crippen molar-refractivity contribution in [3.8, 4) is 0 Å². The Hall–Kier alpha value is -0.610. The van der Waals surface area contributed by atoms with Gasteiger partial charge in [0.25, 0.3) is 0 Å². The third-order valence-electron chi connectivity index (χ3n) is 4.88. The van der Waals surface area contributed by atoms with Crippen molar-refractivity contribution < 1.29 is 9.53 Å². The summed E-state index contributed by atoms with van der Waals surface area (Å²) >= 11 is 0. The Morgan fingerprint density at radius 1 is 1.30 bits per heavy atom. The van der Waals surface area contributed by atoms with Gasteiger partial charge in [0.05, 0.1) is 6.61 Å². The summed E-state index contributed by atoms with van der Waals surface area (Å²) < 4.78 is 5.17. The summed E-state index contributed by atoms with van der Waals surface area (Å²) in [5.74, 6) is 1.80. The third kappa shape index (κ3) is 4.74. The van der Waals surface area contributed by atoms with Crippen molar-refractivity contribution in [1.29, 1.82) is 0 Å². The van der Waals surface area contributed by atoms with E-state index in [9.17, 15) is 4.79 Å². The predicted molar refractivity (Wildman–Crippen MR) is 80.6 cm³/mol. The predicted octanol–water partition coefficient (Wildman–Crippen LogP) is 2.04. The van der Waals surface area contributed by atoms with E-state index in [2.05, 4.69) is 17.1 Å². The van der Waals surface area contributed by atoms with E-state index in [1.165, 1.54) is 25.7 Å².